The lowest BCUT2D eigenvalue weighted by Gasteiger charge is -2.27. The Morgan fingerprint density at radius 3 is 2.63 bits per heavy atom. The van der Waals surface area contributed by atoms with Gasteiger partial charge in [-0.15, -0.1) is 0 Å². The SMILES string of the molecule is CCOC(=O)C1=C(C)N=c2s/c(=C\c3cccc(O)c3)c(=O)n2C1c1c(OC)ccc2ccc(OC)cc12. The van der Waals surface area contributed by atoms with Gasteiger partial charge in [-0.1, -0.05) is 35.6 Å². The summed E-state index contributed by atoms with van der Waals surface area (Å²) in [7, 11) is 3.14. The van der Waals surface area contributed by atoms with Gasteiger partial charge in [-0.2, -0.15) is 0 Å². The highest BCUT2D eigenvalue weighted by molar-refractivity contribution is 7.07. The fraction of sp³-hybridized carbons (Fsp3) is 0.207. The number of rotatable bonds is 6. The summed E-state index contributed by atoms with van der Waals surface area (Å²) < 4.78 is 18.6. The topological polar surface area (TPSA) is 99.4 Å². The van der Waals surface area contributed by atoms with Crippen molar-refractivity contribution in [2.45, 2.75) is 19.9 Å². The summed E-state index contributed by atoms with van der Waals surface area (Å²) in [5.41, 5.74) is 1.70. The summed E-state index contributed by atoms with van der Waals surface area (Å²) in [6.07, 6.45) is 1.70. The Hall–Kier alpha value is -4.37. The van der Waals surface area contributed by atoms with E-state index < -0.39 is 12.0 Å². The first-order valence-corrected chi connectivity index (χ1v) is 12.8. The first kappa shape index (κ1) is 25.3. The molecule has 1 unspecified atom stereocenters. The molecule has 1 aliphatic heterocycles. The number of aromatic hydroxyl groups is 1. The number of ether oxygens (including phenoxy) is 3. The Morgan fingerprint density at radius 2 is 1.92 bits per heavy atom. The number of hydrogen-bond acceptors (Lipinski definition) is 8. The Balaban J connectivity index is 1.87. The van der Waals surface area contributed by atoms with Crippen molar-refractivity contribution in [2.24, 2.45) is 4.99 Å². The van der Waals surface area contributed by atoms with Crippen LogP contribution in [-0.2, 0) is 9.53 Å². The second-order valence-corrected chi connectivity index (χ2v) is 9.67. The van der Waals surface area contributed by atoms with E-state index in [1.807, 2.05) is 30.3 Å². The zero-order valence-corrected chi connectivity index (χ0v) is 22.2. The lowest BCUT2D eigenvalue weighted by Crippen LogP contribution is -2.40. The molecule has 9 heteroatoms. The Morgan fingerprint density at radius 1 is 1.13 bits per heavy atom. The van der Waals surface area contributed by atoms with E-state index in [0.29, 0.717) is 37.7 Å². The molecule has 8 nitrogen and oxygen atoms in total. The van der Waals surface area contributed by atoms with E-state index in [0.717, 1.165) is 10.8 Å². The van der Waals surface area contributed by atoms with Gasteiger partial charge in [-0.3, -0.25) is 9.36 Å². The molecule has 0 saturated heterocycles. The van der Waals surface area contributed by atoms with Gasteiger partial charge in [0, 0.05) is 5.56 Å². The van der Waals surface area contributed by atoms with E-state index >= 15 is 0 Å². The molecule has 3 aromatic carbocycles. The molecular weight excluding hydrogens is 504 g/mol. The molecule has 4 aromatic rings. The molecule has 5 rings (SSSR count). The number of hydrogen-bond donors (Lipinski definition) is 1. The molecule has 0 spiro atoms. The number of phenols is 1. The number of carbonyl (C=O) groups excluding carboxylic acids is 1. The maximum atomic E-state index is 14.0. The minimum absolute atomic E-state index is 0.0966. The van der Waals surface area contributed by atoms with Crippen molar-refractivity contribution < 1.29 is 24.1 Å². The van der Waals surface area contributed by atoms with Crippen LogP contribution in [-0.4, -0.2) is 36.5 Å². The molecule has 0 bridgehead atoms. The predicted octanol–water partition coefficient (Wildman–Crippen LogP) is 3.67. The fourth-order valence-corrected chi connectivity index (χ4v) is 5.77. The number of thiazole rings is 1. The van der Waals surface area contributed by atoms with Gasteiger partial charge in [0.2, 0.25) is 0 Å². The lowest BCUT2D eigenvalue weighted by atomic mass is 9.90. The fourth-order valence-electron chi connectivity index (χ4n) is 4.72. The summed E-state index contributed by atoms with van der Waals surface area (Å²) >= 11 is 1.21. The van der Waals surface area contributed by atoms with Gasteiger partial charge in [-0.05, 0) is 66.6 Å². The molecular formula is C29H26N2O6S. The maximum absolute atomic E-state index is 14.0. The van der Waals surface area contributed by atoms with E-state index in [4.69, 9.17) is 14.2 Å². The second kappa shape index (κ2) is 10.2. The smallest absolute Gasteiger partial charge is 0.338 e. The predicted molar refractivity (Wildman–Crippen MR) is 146 cm³/mol. The van der Waals surface area contributed by atoms with Crippen LogP contribution in [0.5, 0.6) is 17.2 Å². The first-order valence-electron chi connectivity index (χ1n) is 12.0. The standard InChI is InChI=1S/C29H26N2O6S/c1-5-37-28(34)24-16(2)30-29-31(27(33)23(38-29)14-17-7-6-8-19(32)13-17)26(24)25-21-15-20(35-3)11-9-18(21)10-12-22(25)36-4/h6-15,26,32H,5H2,1-4H3/b23-14-. The van der Waals surface area contributed by atoms with Crippen LogP contribution >= 0.6 is 11.3 Å². The number of aromatic nitrogens is 1. The Kier molecular flexibility index (Phi) is 6.77. The summed E-state index contributed by atoms with van der Waals surface area (Å²) in [6.45, 7) is 3.64. The van der Waals surface area contributed by atoms with Crippen LogP contribution in [0.15, 0.2) is 75.7 Å². The first-order chi connectivity index (χ1) is 18.4. The lowest BCUT2D eigenvalue weighted by molar-refractivity contribution is -0.139. The van der Waals surface area contributed by atoms with Crippen LogP contribution < -0.4 is 24.4 Å². The van der Waals surface area contributed by atoms with Crippen molar-refractivity contribution in [1.82, 2.24) is 4.57 Å². The molecule has 0 aliphatic carbocycles. The molecule has 2 heterocycles. The average molecular weight is 531 g/mol. The molecule has 1 aliphatic rings. The zero-order valence-electron chi connectivity index (χ0n) is 21.3. The number of benzene rings is 3. The number of nitrogens with zero attached hydrogens (tertiary/aromatic N) is 2. The van der Waals surface area contributed by atoms with Crippen LogP contribution in [0.1, 0.15) is 31.0 Å². The van der Waals surface area contributed by atoms with Gasteiger partial charge in [-0.25, -0.2) is 9.79 Å². The third-order valence-corrected chi connectivity index (χ3v) is 7.39. The van der Waals surface area contributed by atoms with Gasteiger partial charge in [0.25, 0.3) is 5.56 Å². The zero-order chi connectivity index (χ0) is 27.0. The molecule has 1 N–H and O–H groups in total. The number of phenolic OH excluding ortho intramolecular Hbond substituents is 1. The summed E-state index contributed by atoms with van der Waals surface area (Å²) in [5, 5.41) is 11.6. The van der Waals surface area contributed by atoms with Crippen LogP contribution in [0.3, 0.4) is 0 Å². The highest BCUT2D eigenvalue weighted by Gasteiger charge is 2.36. The minimum Gasteiger partial charge on any atom is -0.508 e. The number of esters is 1. The third-order valence-electron chi connectivity index (χ3n) is 6.41. The van der Waals surface area contributed by atoms with Crippen molar-refractivity contribution in [1.29, 1.82) is 0 Å². The van der Waals surface area contributed by atoms with Crippen LogP contribution in [0.4, 0.5) is 0 Å². The highest BCUT2D eigenvalue weighted by Crippen LogP contribution is 2.41. The van der Waals surface area contributed by atoms with E-state index in [9.17, 15) is 14.7 Å². The van der Waals surface area contributed by atoms with Crippen molar-refractivity contribution >= 4 is 34.2 Å². The molecule has 38 heavy (non-hydrogen) atoms. The van der Waals surface area contributed by atoms with E-state index in [1.54, 1.807) is 58.4 Å². The largest absolute Gasteiger partial charge is 0.508 e. The van der Waals surface area contributed by atoms with Crippen LogP contribution in [0.25, 0.3) is 16.8 Å². The third kappa shape index (κ3) is 4.35. The summed E-state index contributed by atoms with van der Waals surface area (Å²) in [6, 6.07) is 15.2. The highest BCUT2D eigenvalue weighted by atomic mass is 32.1. The van der Waals surface area contributed by atoms with Crippen molar-refractivity contribution in [3.8, 4) is 17.2 Å². The summed E-state index contributed by atoms with van der Waals surface area (Å²) in [4.78, 5) is 32.4. The maximum Gasteiger partial charge on any atom is 0.338 e. The van der Waals surface area contributed by atoms with Gasteiger partial charge >= 0.3 is 5.97 Å². The molecule has 1 atom stereocenters. The Bertz CT molecular complexity index is 1780. The molecule has 194 valence electrons. The molecule has 0 fully saturated rings. The van der Waals surface area contributed by atoms with Crippen molar-refractivity contribution in [3.05, 3.63) is 96.7 Å². The van der Waals surface area contributed by atoms with Crippen molar-refractivity contribution in [2.75, 3.05) is 20.8 Å². The number of carbonyl (C=O) groups is 1. The van der Waals surface area contributed by atoms with Crippen LogP contribution in [0.2, 0.25) is 0 Å². The van der Waals surface area contributed by atoms with Gasteiger partial charge in [0.1, 0.15) is 23.3 Å². The second-order valence-electron chi connectivity index (χ2n) is 8.67. The normalized spacial score (nSPS) is 15.3. The molecule has 1 aromatic heterocycles. The molecule has 0 amide bonds. The minimum atomic E-state index is -0.859. The van der Waals surface area contributed by atoms with Gasteiger partial charge in [0.05, 0.1) is 36.6 Å². The van der Waals surface area contributed by atoms with Gasteiger partial charge in [0.15, 0.2) is 4.80 Å². The van der Waals surface area contributed by atoms with Crippen molar-refractivity contribution in [3.63, 3.8) is 0 Å². The molecule has 0 radical (unpaired) electrons. The van der Waals surface area contributed by atoms with E-state index in [2.05, 4.69) is 4.99 Å². The number of fused-ring (bicyclic) bond motifs is 2. The van der Waals surface area contributed by atoms with E-state index in [1.165, 1.54) is 15.9 Å². The molecule has 0 saturated carbocycles. The monoisotopic (exact) mass is 530 g/mol. The summed E-state index contributed by atoms with van der Waals surface area (Å²) in [5.74, 6) is 0.679. The van der Waals surface area contributed by atoms with Crippen LogP contribution in [0, 0.1) is 0 Å². The average Bonchev–Trinajstić information content (AvgIpc) is 3.21. The quantitative estimate of drug-likeness (QED) is 0.382. The number of allylic oxidation sites excluding steroid dienone is 1. The number of methoxy groups -OCH3 is 2. The Labute approximate surface area is 222 Å². The van der Waals surface area contributed by atoms with Gasteiger partial charge < -0.3 is 19.3 Å². The van der Waals surface area contributed by atoms with E-state index in [-0.39, 0.29) is 23.5 Å².